The van der Waals surface area contributed by atoms with E-state index < -0.39 is 11.4 Å². The van der Waals surface area contributed by atoms with Gasteiger partial charge in [-0.2, -0.15) is 0 Å². The van der Waals surface area contributed by atoms with E-state index in [1.807, 2.05) is 13.0 Å². The van der Waals surface area contributed by atoms with Gasteiger partial charge in [-0.15, -0.1) is 0 Å². The van der Waals surface area contributed by atoms with Gasteiger partial charge in [-0.05, 0) is 43.1 Å². The summed E-state index contributed by atoms with van der Waals surface area (Å²) in [7, 11) is 0. The minimum absolute atomic E-state index is 0.0152. The molecule has 20 heavy (non-hydrogen) atoms. The van der Waals surface area contributed by atoms with Crippen molar-refractivity contribution in [3.8, 4) is 0 Å². The van der Waals surface area contributed by atoms with Crippen LogP contribution in [0.4, 0.5) is 0 Å². The van der Waals surface area contributed by atoms with Crippen molar-refractivity contribution in [2.24, 2.45) is 22.7 Å². The average Bonchev–Trinajstić information content (AvgIpc) is 2.41. The Labute approximate surface area is 118 Å². The summed E-state index contributed by atoms with van der Waals surface area (Å²) in [5, 5.41) is 8.93. The molecule has 3 saturated carbocycles. The summed E-state index contributed by atoms with van der Waals surface area (Å²) in [4.78, 5) is 35.3. The summed E-state index contributed by atoms with van der Waals surface area (Å²) in [6.45, 7) is 1.90. The molecule has 4 aliphatic carbocycles. The number of hydrogen-bond donors (Lipinski definition) is 1. The normalized spacial score (nSPS) is 42.6. The number of Topliss-reactive ketones (excluding diaryl/α,β-unsaturated/α-hetero) is 1. The number of carboxylic acids is 1. The molecule has 4 rings (SSSR count). The highest BCUT2D eigenvalue weighted by Crippen LogP contribution is 2.61. The number of allylic oxidation sites excluding steroid dienone is 2. The first-order chi connectivity index (χ1) is 9.37. The lowest BCUT2D eigenvalue weighted by atomic mass is 9.45. The standard InChI is InChI=1S/C16H20O4/c1-15(5-4-14(19)20)12-8-10-2-6-16(12,9-11(10)17)7-3-13(15)18/h3,7,10,12H,2,4-6,8-9H2,1H3,(H,19,20)/t10-,12?,15-,16+/m0/s1. The van der Waals surface area contributed by atoms with Crippen LogP contribution in [0.2, 0.25) is 0 Å². The maximum Gasteiger partial charge on any atom is 0.303 e. The zero-order valence-electron chi connectivity index (χ0n) is 11.7. The summed E-state index contributed by atoms with van der Waals surface area (Å²) in [6, 6.07) is 0. The first-order valence-electron chi connectivity index (χ1n) is 7.36. The molecule has 0 aromatic carbocycles. The van der Waals surface area contributed by atoms with E-state index in [1.54, 1.807) is 6.08 Å². The Kier molecular flexibility index (Phi) is 2.89. The highest BCUT2D eigenvalue weighted by Gasteiger charge is 2.59. The second kappa shape index (κ2) is 4.27. The maximum atomic E-state index is 12.4. The van der Waals surface area contributed by atoms with Crippen LogP contribution in [0.3, 0.4) is 0 Å². The fourth-order valence-electron chi connectivity index (χ4n) is 4.65. The Morgan fingerprint density at radius 3 is 2.85 bits per heavy atom. The van der Waals surface area contributed by atoms with Gasteiger partial charge in [-0.1, -0.05) is 13.0 Å². The third-order valence-corrected chi connectivity index (χ3v) is 5.89. The summed E-state index contributed by atoms with van der Waals surface area (Å²) in [5.41, 5.74) is -0.806. The third kappa shape index (κ3) is 1.77. The molecule has 0 radical (unpaired) electrons. The third-order valence-electron chi connectivity index (χ3n) is 5.89. The molecule has 4 heteroatoms. The Morgan fingerprint density at radius 1 is 1.45 bits per heavy atom. The molecule has 4 aliphatic rings. The van der Waals surface area contributed by atoms with Gasteiger partial charge in [0.05, 0.1) is 0 Å². The van der Waals surface area contributed by atoms with Gasteiger partial charge in [0.1, 0.15) is 5.78 Å². The number of aliphatic carboxylic acids is 1. The van der Waals surface area contributed by atoms with Crippen LogP contribution in [0.1, 0.15) is 45.4 Å². The predicted molar refractivity (Wildman–Crippen MR) is 72.0 cm³/mol. The lowest BCUT2D eigenvalue weighted by Crippen LogP contribution is -2.56. The van der Waals surface area contributed by atoms with Gasteiger partial charge >= 0.3 is 5.97 Å². The Balaban J connectivity index is 1.96. The predicted octanol–water partition coefficient (Wildman–Crippen LogP) is 2.37. The fraction of sp³-hybridized carbons (Fsp3) is 0.688. The number of carboxylic acid groups (broad SMARTS) is 1. The van der Waals surface area contributed by atoms with Gasteiger partial charge in [0.25, 0.3) is 0 Å². The Hall–Kier alpha value is -1.45. The molecule has 0 heterocycles. The number of ketones is 2. The van der Waals surface area contributed by atoms with E-state index in [0.717, 1.165) is 19.3 Å². The first kappa shape index (κ1) is 13.5. The molecule has 0 aromatic rings. The highest BCUT2D eigenvalue weighted by atomic mass is 16.4. The highest BCUT2D eigenvalue weighted by molar-refractivity contribution is 5.97. The summed E-state index contributed by atoms with van der Waals surface area (Å²) < 4.78 is 0. The molecule has 1 N–H and O–H groups in total. The molecule has 1 unspecified atom stereocenters. The molecule has 0 saturated heterocycles. The average molecular weight is 276 g/mol. The molecular weight excluding hydrogens is 256 g/mol. The van der Waals surface area contributed by atoms with Crippen LogP contribution in [0.25, 0.3) is 0 Å². The van der Waals surface area contributed by atoms with E-state index in [-0.39, 0.29) is 29.5 Å². The van der Waals surface area contributed by atoms with Gasteiger partial charge in [-0.3, -0.25) is 14.4 Å². The smallest absolute Gasteiger partial charge is 0.303 e. The molecule has 0 aliphatic heterocycles. The molecule has 4 nitrogen and oxygen atoms in total. The van der Waals surface area contributed by atoms with Gasteiger partial charge in [0, 0.05) is 24.2 Å². The number of fused-ring (bicyclic) bond motifs is 2. The molecule has 0 aromatic heterocycles. The van der Waals surface area contributed by atoms with Crippen molar-refractivity contribution in [1.82, 2.24) is 0 Å². The number of hydrogen-bond acceptors (Lipinski definition) is 3. The minimum Gasteiger partial charge on any atom is -0.481 e. The van der Waals surface area contributed by atoms with Crippen molar-refractivity contribution in [2.45, 2.75) is 45.4 Å². The van der Waals surface area contributed by atoms with E-state index in [9.17, 15) is 14.4 Å². The summed E-state index contributed by atoms with van der Waals surface area (Å²) in [6.07, 6.45) is 7.12. The van der Waals surface area contributed by atoms with Crippen LogP contribution in [0.5, 0.6) is 0 Å². The molecule has 4 atom stereocenters. The quantitative estimate of drug-likeness (QED) is 0.859. The van der Waals surface area contributed by atoms with Gasteiger partial charge in [0.2, 0.25) is 0 Å². The number of rotatable bonds is 3. The molecule has 0 amide bonds. The topological polar surface area (TPSA) is 71.4 Å². The Bertz CT molecular complexity index is 521. The van der Waals surface area contributed by atoms with Crippen LogP contribution < -0.4 is 0 Å². The van der Waals surface area contributed by atoms with Crippen molar-refractivity contribution < 1.29 is 19.5 Å². The van der Waals surface area contributed by atoms with Crippen LogP contribution in [-0.4, -0.2) is 22.6 Å². The molecule has 3 fully saturated rings. The van der Waals surface area contributed by atoms with Crippen LogP contribution in [-0.2, 0) is 14.4 Å². The second-order valence-corrected chi connectivity index (χ2v) is 6.91. The zero-order valence-corrected chi connectivity index (χ0v) is 11.7. The first-order valence-corrected chi connectivity index (χ1v) is 7.36. The number of carbonyl (C=O) groups is 3. The maximum absolute atomic E-state index is 12.4. The van der Waals surface area contributed by atoms with Gasteiger partial charge in [0.15, 0.2) is 5.78 Å². The molecule has 1 spiro atoms. The SMILES string of the molecule is C[C@@]1(CCC(=O)O)C(=O)C=C[C@@]23CC[C@@H](CC21)C(=O)C3. The van der Waals surface area contributed by atoms with Crippen molar-refractivity contribution in [2.75, 3.05) is 0 Å². The number of carbonyl (C=O) groups excluding carboxylic acids is 2. The van der Waals surface area contributed by atoms with Crippen LogP contribution in [0, 0.1) is 22.7 Å². The second-order valence-electron chi connectivity index (χ2n) is 6.91. The molecular formula is C16H20O4. The van der Waals surface area contributed by atoms with E-state index in [1.165, 1.54) is 0 Å². The van der Waals surface area contributed by atoms with Crippen LogP contribution >= 0.6 is 0 Å². The van der Waals surface area contributed by atoms with Gasteiger partial charge in [-0.25, -0.2) is 0 Å². The molecule has 2 bridgehead atoms. The van der Waals surface area contributed by atoms with Gasteiger partial charge < -0.3 is 5.11 Å². The van der Waals surface area contributed by atoms with E-state index in [0.29, 0.717) is 18.6 Å². The fourth-order valence-corrected chi connectivity index (χ4v) is 4.65. The minimum atomic E-state index is -0.861. The zero-order chi connectivity index (χ0) is 14.5. The van der Waals surface area contributed by atoms with Crippen LogP contribution in [0.15, 0.2) is 12.2 Å². The molecule has 108 valence electrons. The van der Waals surface area contributed by atoms with Crippen molar-refractivity contribution in [3.63, 3.8) is 0 Å². The van der Waals surface area contributed by atoms with E-state index in [2.05, 4.69) is 0 Å². The van der Waals surface area contributed by atoms with Crippen molar-refractivity contribution in [1.29, 1.82) is 0 Å². The Morgan fingerprint density at radius 2 is 2.20 bits per heavy atom. The summed E-state index contributed by atoms with van der Waals surface area (Å²) >= 11 is 0. The van der Waals surface area contributed by atoms with Crippen molar-refractivity contribution in [3.05, 3.63) is 12.2 Å². The summed E-state index contributed by atoms with van der Waals surface area (Å²) in [5.74, 6) is -0.283. The monoisotopic (exact) mass is 276 g/mol. The lowest BCUT2D eigenvalue weighted by molar-refractivity contribution is -0.151. The largest absolute Gasteiger partial charge is 0.481 e. The van der Waals surface area contributed by atoms with E-state index in [4.69, 9.17) is 5.11 Å². The van der Waals surface area contributed by atoms with E-state index >= 15 is 0 Å². The lowest BCUT2D eigenvalue weighted by Gasteiger charge is -2.57. The van der Waals surface area contributed by atoms with Crippen molar-refractivity contribution >= 4 is 17.5 Å².